The SMILES string of the molecule is CN1C(N)=C(C#N)[C@H](c2ccccc2OCc2ccc(F)cc2)C2=C1CCCC2=O. The summed E-state index contributed by atoms with van der Waals surface area (Å²) < 4.78 is 19.2. The Morgan fingerprint density at radius 3 is 2.67 bits per heavy atom. The van der Waals surface area contributed by atoms with Gasteiger partial charge in [-0.05, 0) is 36.6 Å². The molecule has 30 heavy (non-hydrogen) atoms. The molecule has 1 heterocycles. The van der Waals surface area contributed by atoms with Crippen molar-refractivity contribution < 1.29 is 13.9 Å². The van der Waals surface area contributed by atoms with E-state index >= 15 is 0 Å². The Balaban J connectivity index is 1.76. The van der Waals surface area contributed by atoms with Crippen LogP contribution in [0.25, 0.3) is 0 Å². The summed E-state index contributed by atoms with van der Waals surface area (Å²) in [6.45, 7) is 0.241. The highest BCUT2D eigenvalue weighted by molar-refractivity contribution is 6.00. The summed E-state index contributed by atoms with van der Waals surface area (Å²) in [6, 6.07) is 15.7. The zero-order valence-electron chi connectivity index (χ0n) is 16.7. The van der Waals surface area contributed by atoms with Crippen LogP contribution in [0.15, 0.2) is 71.2 Å². The molecule has 0 spiro atoms. The largest absolute Gasteiger partial charge is 0.489 e. The molecule has 2 aliphatic rings. The quantitative estimate of drug-likeness (QED) is 0.830. The molecular formula is C24H22FN3O2. The molecule has 0 aromatic heterocycles. The van der Waals surface area contributed by atoms with Crippen LogP contribution in [0.4, 0.5) is 4.39 Å². The van der Waals surface area contributed by atoms with Gasteiger partial charge in [0, 0.05) is 30.3 Å². The average molecular weight is 403 g/mol. The summed E-state index contributed by atoms with van der Waals surface area (Å²) in [6.07, 6.45) is 1.97. The molecule has 0 radical (unpaired) electrons. The van der Waals surface area contributed by atoms with Crippen LogP contribution >= 0.6 is 0 Å². The van der Waals surface area contributed by atoms with E-state index in [2.05, 4.69) is 6.07 Å². The molecule has 5 nitrogen and oxygen atoms in total. The van der Waals surface area contributed by atoms with E-state index in [0.29, 0.717) is 29.1 Å². The van der Waals surface area contributed by atoms with Crippen molar-refractivity contribution in [3.8, 4) is 11.8 Å². The van der Waals surface area contributed by atoms with Gasteiger partial charge < -0.3 is 15.4 Å². The predicted octanol–water partition coefficient (Wildman–Crippen LogP) is 4.13. The van der Waals surface area contributed by atoms with Gasteiger partial charge in [0.15, 0.2) is 5.78 Å². The average Bonchev–Trinajstić information content (AvgIpc) is 2.76. The van der Waals surface area contributed by atoms with Gasteiger partial charge in [-0.1, -0.05) is 30.3 Å². The molecule has 0 unspecified atom stereocenters. The van der Waals surface area contributed by atoms with Crippen molar-refractivity contribution in [2.24, 2.45) is 5.73 Å². The minimum absolute atomic E-state index is 0.0432. The number of hydrogen-bond acceptors (Lipinski definition) is 5. The van der Waals surface area contributed by atoms with Crippen molar-refractivity contribution in [2.75, 3.05) is 7.05 Å². The minimum Gasteiger partial charge on any atom is -0.489 e. The Labute approximate surface area is 174 Å². The first-order valence-electron chi connectivity index (χ1n) is 9.87. The normalized spacial score (nSPS) is 18.9. The van der Waals surface area contributed by atoms with Crippen molar-refractivity contribution in [1.82, 2.24) is 4.90 Å². The Hall–Kier alpha value is -3.59. The third-order valence-electron chi connectivity index (χ3n) is 5.71. The minimum atomic E-state index is -0.557. The molecule has 152 valence electrons. The lowest BCUT2D eigenvalue weighted by Crippen LogP contribution is -2.36. The maximum absolute atomic E-state index is 13.2. The van der Waals surface area contributed by atoms with Crippen molar-refractivity contribution in [3.05, 3.63) is 88.1 Å². The van der Waals surface area contributed by atoms with Crippen LogP contribution in [0.3, 0.4) is 0 Å². The molecule has 0 saturated carbocycles. The molecule has 6 heteroatoms. The van der Waals surface area contributed by atoms with E-state index in [-0.39, 0.29) is 18.2 Å². The first kappa shape index (κ1) is 19.7. The number of halogens is 1. The topological polar surface area (TPSA) is 79.3 Å². The lowest BCUT2D eigenvalue weighted by atomic mass is 9.75. The van der Waals surface area contributed by atoms with Crippen LogP contribution in [0.2, 0.25) is 0 Å². The van der Waals surface area contributed by atoms with E-state index in [4.69, 9.17) is 10.5 Å². The fraction of sp³-hybridized carbons (Fsp3) is 0.250. The number of nitrogens with zero attached hydrogens (tertiary/aromatic N) is 2. The number of hydrogen-bond donors (Lipinski definition) is 1. The highest BCUT2D eigenvalue weighted by Crippen LogP contribution is 2.46. The number of carbonyl (C=O) groups is 1. The lowest BCUT2D eigenvalue weighted by Gasteiger charge is -2.38. The summed E-state index contributed by atoms with van der Waals surface area (Å²) in [5.41, 5.74) is 9.71. The van der Waals surface area contributed by atoms with Gasteiger partial charge in [-0.15, -0.1) is 0 Å². The number of benzene rings is 2. The summed E-state index contributed by atoms with van der Waals surface area (Å²) in [5, 5.41) is 9.89. The monoisotopic (exact) mass is 403 g/mol. The standard InChI is InChI=1S/C24H22FN3O2/c1-28-19-6-4-7-20(29)23(19)22(18(13-26)24(28)27)17-5-2-3-8-21(17)30-14-15-9-11-16(25)12-10-15/h2-3,5,8-12,22H,4,6-7,14,27H2,1H3/t22-/m0/s1. The number of allylic oxidation sites excluding steroid dienone is 3. The third-order valence-corrected chi connectivity index (χ3v) is 5.71. The van der Waals surface area contributed by atoms with E-state index in [9.17, 15) is 14.4 Å². The molecule has 2 aromatic carbocycles. The van der Waals surface area contributed by atoms with Gasteiger partial charge in [0.2, 0.25) is 0 Å². The molecule has 2 N–H and O–H groups in total. The summed E-state index contributed by atoms with van der Waals surface area (Å²) in [4.78, 5) is 14.7. The van der Waals surface area contributed by atoms with Crippen LogP contribution < -0.4 is 10.5 Å². The molecule has 1 aliphatic heterocycles. The summed E-state index contributed by atoms with van der Waals surface area (Å²) in [7, 11) is 1.80. The van der Waals surface area contributed by atoms with Gasteiger partial charge >= 0.3 is 0 Å². The van der Waals surface area contributed by atoms with Gasteiger partial charge in [0.25, 0.3) is 0 Å². The van der Waals surface area contributed by atoms with Crippen molar-refractivity contribution in [2.45, 2.75) is 31.8 Å². The van der Waals surface area contributed by atoms with E-state index in [1.165, 1.54) is 12.1 Å². The molecule has 0 saturated heterocycles. The highest BCUT2D eigenvalue weighted by Gasteiger charge is 2.39. The van der Waals surface area contributed by atoms with Crippen LogP contribution in [0.5, 0.6) is 5.75 Å². The summed E-state index contributed by atoms with van der Waals surface area (Å²) >= 11 is 0. The number of ketones is 1. The smallest absolute Gasteiger partial charge is 0.161 e. The number of rotatable bonds is 4. The molecule has 0 amide bonds. The number of nitrogens with two attached hydrogens (primary N) is 1. The fourth-order valence-corrected chi connectivity index (χ4v) is 4.17. The molecule has 0 bridgehead atoms. The van der Waals surface area contributed by atoms with Gasteiger partial charge in [0.05, 0.1) is 17.6 Å². The van der Waals surface area contributed by atoms with Gasteiger partial charge in [-0.2, -0.15) is 5.26 Å². The van der Waals surface area contributed by atoms with Crippen molar-refractivity contribution >= 4 is 5.78 Å². The Morgan fingerprint density at radius 2 is 1.93 bits per heavy atom. The van der Waals surface area contributed by atoms with Crippen molar-refractivity contribution in [3.63, 3.8) is 0 Å². The number of para-hydroxylation sites is 1. The fourth-order valence-electron chi connectivity index (χ4n) is 4.17. The molecular weight excluding hydrogens is 381 g/mol. The number of nitriles is 1. The number of carbonyl (C=O) groups excluding carboxylic acids is 1. The first-order chi connectivity index (χ1) is 14.5. The lowest BCUT2D eigenvalue weighted by molar-refractivity contribution is -0.116. The Bertz CT molecular complexity index is 1100. The van der Waals surface area contributed by atoms with Gasteiger partial charge in [-0.3, -0.25) is 4.79 Å². The Kier molecular flexibility index (Phi) is 5.28. The second-order valence-electron chi connectivity index (χ2n) is 7.49. The third kappa shape index (κ3) is 3.43. The molecule has 4 rings (SSSR count). The number of Topliss-reactive ketones (excluding diaryl/α,β-unsaturated/α-hetero) is 1. The summed E-state index contributed by atoms with van der Waals surface area (Å²) in [5.74, 6) is 0.117. The van der Waals surface area contributed by atoms with Crippen molar-refractivity contribution in [1.29, 1.82) is 5.26 Å². The Morgan fingerprint density at radius 1 is 1.20 bits per heavy atom. The second-order valence-corrected chi connectivity index (χ2v) is 7.49. The van der Waals surface area contributed by atoms with E-state index in [1.807, 2.05) is 24.3 Å². The van der Waals surface area contributed by atoms with Gasteiger partial charge in [0.1, 0.15) is 24.0 Å². The maximum atomic E-state index is 13.2. The van der Waals surface area contributed by atoms with E-state index in [1.54, 1.807) is 24.1 Å². The van der Waals surface area contributed by atoms with Crippen LogP contribution in [0.1, 0.15) is 36.3 Å². The van der Waals surface area contributed by atoms with Crippen LogP contribution in [-0.2, 0) is 11.4 Å². The molecule has 1 atom stereocenters. The molecule has 1 aliphatic carbocycles. The maximum Gasteiger partial charge on any atom is 0.161 e. The zero-order valence-corrected chi connectivity index (χ0v) is 16.7. The van der Waals surface area contributed by atoms with Crippen LogP contribution in [0, 0.1) is 17.1 Å². The van der Waals surface area contributed by atoms with Crippen LogP contribution in [-0.4, -0.2) is 17.7 Å². The number of ether oxygens (including phenoxy) is 1. The predicted molar refractivity (Wildman–Crippen MR) is 110 cm³/mol. The van der Waals surface area contributed by atoms with Gasteiger partial charge in [-0.25, -0.2) is 4.39 Å². The van der Waals surface area contributed by atoms with E-state index < -0.39 is 5.92 Å². The second kappa shape index (κ2) is 8.03. The van der Waals surface area contributed by atoms with E-state index in [0.717, 1.165) is 29.7 Å². The first-order valence-corrected chi connectivity index (χ1v) is 9.87. The zero-order chi connectivity index (χ0) is 21.3. The molecule has 2 aromatic rings. The molecule has 0 fully saturated rings. The highest BCUT2D eigenvalue weighted by atomic mass is 19.1.